The molecule has 2 rings (SSSR count). The molecule has 1 aliphatic rings. The zero-order valence-corrected chi connectivity index (χ0v) is 17.7. The molecule has 1 saturated carbocycles. The van der Waals surface area contributed by atoms with Gasteiger partial charge < -0.3 is 21.1 Å². The smallest absolute Gasteiger partial charge is 0.217 e. The SMILES string of the molecule is Cc1ccc(CCCC(O)CC2(CC=CCCCC(N)=O)C[C@@H](O)C[C@H]2O)s1. The number of thiophene rings is 1. The monoisotopic (exact) mass is 409 g/mol. The van der Waals surface area contributed by atoms with Crippen molar-refractivity contribution in [3.8, 4) is 0 Å². The van der Waals surface area contributed by atoms with Crippen molar-refractivity contribution in [1.29, 1.82) is 0 Å². The first kappa shape index (κ1) is 23.1. The molecule has 1 fully saturated rings. The van der Waals surface area contributed by atoms with Gasteiger partial charge in [0.1, 0.15) is 0 Å². The summed E-state index contributed by atoms with van der Waals surface area (Å²) < 4.78 is 0. The summed E-state index contributed by atoms with van der Waals surface area (Å²) in [5.41, 5.74) is 4.67. The molecule has 0 bridgehead atoms. The maximum Gasteiger partial charge on any atom is 0.217 e. The summed E-state index contributed by atoms with van der Waals surface area (Å²) in [5.74, 6) is -0.292. The molecule has 1 amide bonds. The molecule has 2 unspecified atom stereocenters. The second-order valence-electron chi connectivity index (χ2n) is 8.27. The second kappa shape index (κ2) is 11.1. The lowest BCUT2D eigenvalue weighted by Crippen LogP contribution is -2.33. The molecule has 28 heavy (non-hydrogen) atoms. The molecule has 5 nitrogen and oxygen atoms in total. The topological polar surface area (TPSA) is 104 Å². The van der Waals surface area contributed by atoms with Gasteiger partial charge in [-0.2, -0.15) is 0 Å². The van der Waals surface area contributed by atoms with Crippen molar-refractivity contribution in [3.63, 3.8) is 0 Å². The van der Waals surface area contributed by atoms with Gasteiger partial charge in [-0.1, -0.05) is 12.2 Å². The fourth-order valence-electron chi connectivity index (χ4n) is 4.25. The summed E-state index contributed by atoms with van der Waals surface area (Å²) in [7, 11) is 0. The number of allylic oxidation sites excluding steroid dienone is 2. The van der Waals surface area contributed by atoms with Gasteiger partial charge >= 0.3 is 0 Å². The molecule has 1 aromatic rings. The minimum absolute atomic E-state index is 0.292. The van der Waals surface area contributed by atoms with E-state index >= 15 is 0 Å². The number of hydrogen-bond acceptors (Lipinski definition) is 5. The molecule has 0 aliphatic heterocycles. The molecule has 158 valence electrons. The Hall–Kier alpha value is -1.21. The van der Waals surface area contributed by atoms with Crippen molar-refractivity contribution in [3.05, 3.63) is 34.0 Å². The summed E-state index contributed by atoms with van der Waals surface area (Å²) in [6.45, 7) is 2.10. The van der Waals surface area contributed by atoms with Crippen LogP contribution in [0, 0.1) is 12.3 Å². The average Bonchev–Trinajstić information content (AvgIpc) is 3.13. The van der Waals surface area contributed by atoms with E-state index in [1.54, 1.807) is 11.3 Å². The highest BCUT2D eigenvalue weighted by molar-refractivity contribution is 7.11. The van der Waals surface area contributed by atoms with Crippen LogP contribution in [-0.4, -0.2) is 39.5 Å². The van der Waals surface area contributed by atoms with Crippen LogP contribution in [0.15, 0.2) is 24.3 Å². The minimum Gasteiger partial charge on any atom is -0.393 e. The fraction of sp³-hybridized carbons (Fsp3) is 0.682. The number of amides is 1. The Labute approximate surface area is 172 Å². The van der Waals surface area contributed by atoms with E-state index in [0.717, 1.165) is 25.7 Å². The van der Waals surface area contributed by atoms with E-state index in [9.17, 15) is 20.1 Å². The lowest BCUT2D eigenvalue weighted by atomic mass is 9.75. The van der Waals surface area contributed by atoms with Gasteiger partial charge in [-0.15, -0.1) is 11.3 Å². The van der Waals surface area contributed by atoms with Gasteiger partial charge in [0, 0.05) is 21.6 Å². The highest BCUT2D eigenvalue weighted by Gasteiger charge is 2.46. The van der Waals surface area contributed by atoms with Crippen molar-refractivity contribution >= 4 is 17.2 Å². The molecule has 1 aliphatic carbocycles. The Bertz CT molecular complexity index is 644. The van der Waals surface area contributed by atoms with Crippen molar-refractivity contribution in [2.45, 2.75) is 89.4 Å². The first-order valence-corrected chi connectivity index (χ1v) is 11.2. The van der Waals surface area contributed by atoms with Crippen LogP contribution in [0.2, 0.25) is 0 Å². The van der Waals surface area contributed by atoms with Gasteiger partial charge in [0.05, 0.1) is 18.3 Å². The lowest BCUT2D eigenvalue weighted by Gasteiger charge is -2.34. The highest BCUT2D eigenvalue weighted by Crippen LogP contribution is 2.46. The number of carbonyl (C=O) groups excluding carboxylic acids is 1. The fourth-order valence-corrected chi connectivity index (χ4v) is 5.18. The third-order valence-electron chi connectivity index (χ3n) is 5.73. The normalized spacial score (nSPS) is 26.1. The van der Waals surface area contributed by atoms with E-state index in [-0.39, 0.29) is 5.91 Å². The molecular weight excluding hydrogens is 374 g/mol. The summed E-state index contributed by atoms with van der Waals surface area (Å²) in [5, 5.41) is 31.2. The Balaban J connectivity index is 1.83. The van der Waals surface area contributed by atoms with Gasteiger partial charge in [0.25, 0.3) is 0 Å². The summed E-state index contributed by atoms with van der Waals surface area (Å²) in [4.78, 5) is 13.4. The molecule has 0 spiro atoms. The van der Waals surface area contributed by atoms with Crippen LogP contribution in [0.3, 0.4) is 0 Å². The largest absolute Gasteiger partial charge is 0.393 e. The number of rotatable bonds is 12. The number of nitrogens with two attached hydrogens (primary N) is 1. The molecular formula is C22H35NO4S. The van der Waals surface area contributed by atoms with E-state index in [1.165, 1.54) is 9.75 Å². The molecule has 5 N–H and O–H groups in total. The molecule has 0 radical (unpaired) electrons. The predicted molar refractivity (Wildman–Crippen MR) is 113 cm³/mol. The molecule has 1 heterocycles. The van der Waals surface area contributed by atoms with Gasteiger partial charge in [-0.05, 0) is 76.8 Å². The van der Waals surface area contributed by atoms with Crippen molar-refractivity contribution in [2.75, 3.05) is 0 Å². The number of aryl methyl sites for hydroxylation is 2. The van der Waals surface area contributed by atoms with Gasteiger partial charge in [-0.3, -0.25) is 4.79 Å². The summed E-state index contributed by atoms with van der Waals surface area (Å²) >= 11 is 1.80. The van der Waals surface area contributed by atoms with Gasteiger partial charge in [0.2, 0.25) is 5.91 Å². The number of primary amides is 1. The number of unbranched alkanes of at least 4 members (excludes halogenated alkanes) is 1. The van der Waals surface area contributed by atoms with Gasteiger partial charge in [-0.25, -0.2) is 0 Å². The maximum absolute atomic E-state index is 10.8. The zero-order chi connectivity index (χ0) is 20.6. The van der Waals surface area contributed by atoms with Gasteiger partial charge in [0.15, 0.2) is 0 Å². The first-order chi connectivity index (χ1) is 13.3. The van der Waals surface area contributed by atoms with Crippen LogP contribution in [0.1, 0.15) is 67.5 Å². The Morgan fingerprint density at radius 2 is 2.14 bits per heavy atom. The van der Waals surface area contributed by atoms with E-state index < -0.39 is 23.7 Å². The lowest BCUT2D eigenvalue weighted by molar-refractivity contribution is -0.118. The third-order valence-corrected chi connectivity index (χ3v) is 6.79. The maximum atomic E-state index is 10.8. The van der Waals surface area contributed by atoms with Crippen LogP contribution < -0.4 is 5.73 Å². The number of carbonyl (C=O) groups is 1. The number of aliphatic hydroxyl groups is 3. The zero-order valence-electron chi connectivity index (χ0n) is 16.8. The number of hydrogen-bond donors (Lipinski definition) is 4. The molecule has 0 saturated heterocycles. The van der Waals surface area contributed by atoms with Crippen molar-refractivity contribution in [2.24, 2.45) is 11.1 Å². The standard InChI is InChI=1S/C22H35NO4S/c1-16-10-11-19(28-16)8-6-7-17(24)14-22(15-18(25)13-20(22)26)12-5-3-2-4-9-21(23)27/h3,5,10-11,17-18,20,24-26H,2,4,6-9,12-15H2,1H3,(H2,23,27)/t17?,18-,20+,22?/m0/s1. The predicted octanol–water partition coefficient (Wildman–Crippen LogP) is 3.23. The van der Waals surface area contributed by atoms with Crippen molar-refractivity contribution < 1.29 is 20.1 Å². The summed E-state index contributed by atoms with van der Waals surface area (Å²) in [6, 6.07) is 4.27. The highest BCUT2D eigenvalue weighted by atomic mass is 32.1. The van der Waals surface area contributed by atoms with Crippen LogP contribution in [0.25, 0.3) is 0 Å². The van der Waals surface area contributed by atoms with E-state index in [0.29, 0.717) is 38.5 Å². The molecule has 0 aromatic carbocycles. The van der Waals surface area contributed by atoms with Crippen LogP contribution >= 0.6 is 11.3 Å². The first-order valence-electron chi connectivity index (χ1n) is 10.3. The Morgan fingerprint density at radius 1 is 1.36 bits per heavy atom. The Morgan fingerprint density at radius 3 is 2.75 bits per heavy atom. The van der Waals surface area contributed by atoms with E-state index in [4.69, 9.17) is 5.73 Å². The van der Waals surface area contributed by atoms with E-state index in [2.05, 4.69) is 19.1 Å². The van der Waals surface area contributed by atoms with E-state index in [1.807, 2.05) is 12.2 Å². The Kier molecular flexibility index (Phi) is 9.15. The molecule has 1 aromatic heterocycles. The number of aliphatic hydroxyl groups excluding tert-OH is 3. The van der Waals surface area contributed by atoms with Crippen LogP contribution in [0.4, 0.5) is 0 Å². The summed E-state index contributed by atoms with van der Waals surface area (Å²) in [6.07, 6.45) is 8.87. The van der Waals surface area contributed by atoms with Crippen LogP contribution in [0.5, 0.6) is 0 Å². The quantitative estimate of drug-likeness (QED) is 0.314. The second-order valence-corrected chi connectivity index (χ2v) is 9.64. The van der Waals surface area contributed by atoms with Crippen LogP contribution in [-0.2, 0) is 11.2 Å². The minimum atomic E-state index is -0.604. The third kappa shape index (κ3) is 7.32. The molecule has 6 heteroatoms. The average molecular weight is 410 g/mol. The van der Waals surface area contributed by atoms with Crippen molar-refractivity contribution in [1.82, 2.24) is 0 Å². The molecule has 4 atom stereocenters.